The Labute approximate surface area is 220 Å². The molecular formula is C26H30N2O7S2. The lowest BCUT2D eigenvalue weighted by Crippen LogP contribution is -2.38. The average molecular weight is 547 g/mol. The fourth-order valence-corrected chi connectivity index (χ4v) is 6.63. The van der Waals surface area contributed by atoms with Crippen LogP contribution in [0, 0.1) is 0 Å². The Hall–Kier alpha value is -2.96. The predicted octanol–water partition coefficient (Wildman–Crippen LogP) is 3.07. The van der Waals surface area contributed by atoms with E-state index in [4.69, 9.17) is 14.2 Å². The lowest BCUT2D eigenvalue weighted by molar-refractivity contribution is -0.146. The number of fused-ring (bicyclic) bond motifs is 1. The number of likely N-dealkylation sites (N-methyl/N-ethyl adjacent to an activating group) is 1. The van der Waals surface area contributed by atoms with Gasteiger partial charge in [0.05, 0.1) is 25.2 Å². The highest BCUT2D eigenvalue weighted by Gasteiger charge is 2.30. The van der Waals surface area contributed by atoms with Crippen molar-refractivity contribution in [2.75, 3.05) is 40.5 Å². The van der Waals surface area contributed by atoms with Crippen LogP contribution in [-0.4, -0.2) is 70.5 Å². The second kappa shape index (κ2) is 12.1. The van der Waals surface area contributed by atoms with E-state index in [1.165, 1.54) is 26.3 Å². The number of ether oxygens (including phenoxy) is 3. The van der Waals surface area contributed by atoms with Crippen molar-refractivity contribution in [1.82, 2.24) is 9.62 Å². The number of aliphatic hydroxyl groups is 1. The first kappa shape index (κ1) is 27.1. The Morgan fingerprint density at radius 1 is 1.19 bits per heavy atom. The zero-order valence-electron chi connectivity index (χ0n) is 20.6. The molecule has 1 aliphatic heterocycles. The maximum absolute atomic E-state index is 13.1. The lowest BCUT2D eigenvalue weighted by Gasteiger charge is -2.30. The molecular weight excluding hydrogens is 516 g/mol. The summed E-state index contributed by atoms with van der Waals surface area (Å²) in [5, 5.41) is 15.3. The van der Waals surface area contributed by atoms with E-state index in [9.17, 15) is 18.3 Å². The van der Waals surface area contributed by atoms with Crippen LogP contribution in [0.3, 0.4) is 0 Å². The van der Waals surface area contributed by atoms with E-state index in [1.54, 1.807) is 29.5 Å². The highest BCUT2D eigenvalue weighted by Crippen LogP contribution is 2.38. The maximum atomic E-state index is 13.1. The molecule has 0 saturated heterocycles. The van der Waals surface area contributed by atoms with Gasteiger partial charge in [0.25, 0.3) is 5.91 Å². The summed E-state index contributed by atoms with van der Waals surface area (Å²) in [6, 6.07) is 14.1. The minimum Gasteiger partial charge on any atom is -0.497 e. The van der Waals surface area contributed by atoms with Crippen molar-refractivity contribution in [3.8, 4) is 5.75 Å². The van der Waals surface area contributed by atoms with Gasteiger partial charge in [0, 0.05) is 37.2 Å². The number of rotatable bonds is 11. The first-order valence-corrected chi connectivity index (χ1v) is 14.1. The van der Waals surface area contributed by atoms with Crippen molar-refractivity contribution < 1.29 is 32.5 Å². The number of nitrogens with one attached hydrogen (secondary N) is 1. The molecule has 0 unspecified atom stereocenters. The van der Waals surface area contributed by atoms with Crippen LogP contribution in [0.15, 0.2) is 70.6 Å². The molecule has 37 heavy (non-hydrogen) atoms. The van der Waals surface area contributed by atoms with E-state index in [-0.39, 0.29) is 48.8 Å². The number of allylic oxidation sites excluding steroid dienone is 1. The smallest absolute Gasteiger partial charge is 0.285 e. The normalized spacial score (nSPS) is 17.9. The summed E-state index contributed by atoms with van der Waals surface area (Å²) in [6.45, 7) is -0.416. The Balaban J connectivity index is 1.47. The summed E-state index contributed by atoms with van der Waals surface area (Å²) < 4.78 is 45.5. The molecule has 1 aliphatic rings. The van der Waals surface area contributed by atoms with Gasteiger partial charge in [0.1, 0.15) is 5.75 Å². The molecule has 0 bridgehead atoms. The number of carbonyl (C=O) groups is 1. The van der Waals surface area contributed by atoms with Crippen LogP contribution in [0.5, 0.6) is 5.75 Å². The van der Waals surface area contributed by atoms with Crippen molar-refractivity contribution in [3.63, 3.8) is 0 Å². The molecule has 0 aliphatic carbocycles. The molecule has 11 heteroatoms. The number of sulfonamides is 1. The molecule has 1 amide bonds. The van der Waals surface area contributed by atoms with E-state index in [0.717, 1.165) is 20.0 Å². The van der Waals surface area contributed by atoms with Crippen molar-refractivity contribution in [2.45, 2.75) is 23.5 Å². The van der Waals surface area contributed by atoms with Gasteiger partial charge in [-0.05, 0) is 52.7 Å². The summed E-state index contributed by atoms with van der Waals surface area (Å²) in [5.74, 6) is 0.232. The van der Waals surface area contributed by atoms with Crippen molar-refractivity contribution in [1.29, 1.82) is 0 Å². The third kappa shape index (κ3) is 6.13. The number of benzene rings is 2. The number of methoxy groups -OCH3 is 1. The number of carbonyl (C=O) groups excluding carboxylic acids is 1. The molecule has 1 aromatic heterocycles. The predicted molar refractivity (Wildman–Crippen MR) is 141 cm³/mol. The van der Waals surface area contributed by atoms with Crippen LogP contribution in [-0.2, 0) is 24.3 Å². The number of nitrogens with zero attached hydrogens (tertiary/aromatic N) is 1. The van der Waals surface area contributed by atoms with Crippen molar-refractivity contribution in [3.05, 3.63) is 71.3 Å². The van der Waals surface area contributed by atoms with Gasteiger partial charge in [0.2, 0.25) is 16.3 Å². The van der Waals surface area contributed by atoms with Gasteiger partial charge in [-0.3, -0.25) is 4.79 Å². The highest BCUT2D eigenvalue weighted by molar-refractivity contribution is 7.89. The molecule has 3 aromatic rings. The largest absolute Gasteiger partial charge is 0.497 e. The van der Waals surface area contributed by atoms with Crippen LogP contribution in [0.2, 0.25) is 0 Å². The number of hydrogen-bond donors (Lipinski definition) is 2. The SMILES string of the molecule is CNC(=O)C1=C[C@H](c2csc3ccccc23)C[C@H](OCCN(CCO)S(=O)(=O)c2ccc(OC)cc2)O1. The van der Waals surface area contributed by atoms with E-state index in [2.05, 4.69) is 22.8 Å². The van der Waals surface area contributed by atoms with Crippen LogP contribution < -0.4 is 10.1 Å². The third-order valence-corrected chi connectivity index (χ3v) is 9.00. The van der Waals surface area contributed by atoms with Crippen LogP contribution in [0.25, 0.3) is 10.1 Å². The average Bonchev–Trinajstić information content (AvgIpc) is 3.36. The summed E-state index contributed by atoms with van der Waals surface area (Å²) >= 11 is 1.64. The van der Waals surface area contributed by atoms with E-state index in [0.29, 0.717) is 12.2 Å². The van der Waals surface area contributed by atoms with Gasteiger partial charge in [0.15, 0.2) is 5.76 Å². The molecule has 0 spiro atoms. The monoisotopic (exact) mass is 546 g/mol. The fraction of sp³-hybridized carbons (Fsp3) is 0.346. The van der Waals surface area contributed by atoms with Gasteiger partial charge >= 0.3 is 0 Å². The van der Waals surface area contributed by atoms with Gasteiger partial charge < -0.3 is 24.6 Å². The molecule has 0 radical (unpaired) electrons. The van der Waals surface area contributed by atoms with E-state index in [1.807, 2.05) is 12.1 Å². The van der Waals surface area contributed by atoms with E-state index < -0.39 is 16.3 Å². The summed E-state index contributed by atoms with van der Waals surface area (Å²) in [7, 11) is -0.834. The molecule has 2 N–H and O–H groups in total. The molecule has 4 rings (SSSR count). The Morgan fingerprint density at radius 3 is 2.65 bits per heavy atom. The minimum absolute atomic E-state index is 0.000146. The fourth-order valence-electron chi connectivity index (χ4n) is 4.19. The lowest BCUT2D eigenvalue weighted by atomic mass is 9.92. The molecule has 2 atom stereocenters. The second-order valence-electron chi connectivity index (χ2n) is 8.36. The van der Waals surface area contributed by atoms with Crippen LogP contribution >= 0.6 is 11.3 Å². The molecule has 0 fully saturated rings. The Morgan fingerprint density at radius 2 is 1.95 bits per heavy atom. The topological polar surface area (TPSA) is 114 Å². The van der Waals surface area contributed by atoms with E-state index >= 15 is 0 Å². The first-order valence-electron chi connectivity index (χ1n) is 11.8. The minimum atomic E-state index is -3.87. The summed E-state index contributed by atoms with van der Waals surface area (Å²) in [6.07, 6.45) is 1.52. The second-order valence-corrected chi connectivity index (χ2v) is 11.2. The van der Waals surface area contributed by atoms with Crippen LogP contribution in [0.1, 0.15) is 17.9 Å². The highest BCUT2D eigenvalue weighted by atomic mass is 32.2. The van der Waals surface area contributed by atoms with Gasteiger partial charge in [-0.1, -0.05) is 18.2 Å². The zero-order chi connectivity index (χ0) is 26.4. The summed E-state index contributed by atoms with van der Waals surface area (Å²) in [4.78, 5) is 12.5. The molecule has 198 valence electrons. The van der Waals surface area contributed by atoms with Gasteiger partial charge in [-0.25, -0.2) is 8.42 Å². The Bertz CT molecular complexity index is 1350. The van der Waals surface area contributed by atoms with Crippen molar-refractivity contribution >= 4 is 37.4 Å². The number of thiophene rings is 1. The molecule has 2 heterocycles. The number of aliphatic hydroxyl groups excluding tert-OH is 1. The standard InChI is InChI=1S/C26H30N2O7S2/c1-27-26(30)23-15-18(22-17-36-24-6-4-3-5-21(22)24)16-25(35-23)34-14-12-28(11-13-29)37(31,32)20-9-7-19(33-2)8-10-20/h3-10,15,17-18,25,29H,11-14,16H2,1-2H3,(H,27,30)/t18-,25+/m0/s1. The maximum Gasteiger partial charge on any atom is 0.285 e. The molecule has 2 aromatic carbocycles. The van der Waals surface area contributed by atoms with Crippen LogP contribution in [0.4, 0.5) is 0 Å². The van der Waals surface area contributed by atoms with Gasteiger partial charge in [-0.2, -0.15) is 4.31 Å². The third-order valence-electron chi connectivity index (χ3n) is 6.11. The van der Waals surface area contributed by atoms with Crippen molar-refractivity contribution in [2.24, 2.45) is 0 Å². The van der Waals surface area contributed by atoms with Gasteiger partial charge in [-0.15, -0.1) is 11.3 Å². The molecule has 9 nitrogen and oxygen atoms in total. The number of hydrogen-bond acceptors (Lipinski definition) is 8. The number of amides is 1. The quantitative estimate of drug-likeness (QED) is 0.380. The summed E-state index contributed by atoms with van der Waals surface area (Å²) in [5.41, 5.74) is 1.09. The zero-order valence-corrected chi connectivity index (χ0v) is 22.3. The first-order chi connectivity index (χ1) is 17.9. The molecule has 0 saturated carbocycles. The Kier molecular flexibility index (Phi) is 8.83.